The monoisotopic (exact) mass is 540 g/mol. The average molecular weight is 541 g/mol. The van der Waals surface area contributed by atoms with Crippen LogP contribution in [0.2, 0.25) is 5.02 Å². The molecule has 1 aliphatic heterocycles. The van der Waals surface area contributed by atoms with Gasteiger partial charge in [0.1, 0.15) is 23.7 Å². The molecule has 0 N–H and O–H groups in total. The summed E-state index contributed by atoms with van der Waals surface area (Å²) >= 11 is 6.43. The fraction of sp³-hybridized carbons (Fsp3) is 0.321. The molecule has 2 atom stereocenters. The van der Waals surface area contributed by atoms with E-state index >= 15 is 0 Å². The maximum Gasteiger partial charge on any atom is 0.308 e. The summed E-state index contributed by atoms with van der Waals surface area (Å²) in [6.07, 6.45) is -0.636. The zero-order chi connectivity index (χ0) is 27.2. The normalized spacial score (nSPS) is 16.9. The maximum atomic E-state index is 14.0. The van der Waals surface area contributed by atoms with Crippen LogP contribution in [0.15, 0.2) is 54.7 Å². The molecule has 200 valence electrons. The Bertz CT molecular complexity index is 1320. The van der Waals surface area contributed by atoms with E-state index in [-0.39, 0.29) is 19.6 Å². The highest BCUT2D eigenvalue weighted by Gasteiger charge is 2.39. The molecule has 1 amide bonds. The predicted octanol–water partition coefficient (Wildman–Crippen LogP) is 4.74. The van der Waals surface area contributed by atoms with E-state index in [9.17, 15) is 9.59 Å². The molecule has 0 radical (unpaired) electrons. The van der Waals surface area contributed by atoms with E-state index in [0.717, 1.165) is 5.56 Å². The van der Waals surface area contributed by atoms with Crippen molar-refractivity contribution >= 4 is 29.2 Å². The topological polar surface area (TPSA) is 96.4 Å². The number of fused-ring (bicyclic) bond motifs is 1. The number of methoxy groups -OCH3 is 3. The Morgan fingerprint density at radius 3 is 2.58 bits per heavy atom. The van der Waals surface area contributed by atoms with Gasteiger partial charge >= 0.3 is 5.97 Å². The number of carbonyl (C=O) groups excluding carboxylic acids is 2. The van der Waals surface area contributed by atoms with E-state index in [2.05, 4.69) is 4.98 Å². The molecule has 38 heavy (non-hydrogen) atoms. The number of nitrogens with zero attached hydrogens (tertiary/aromatic N) is 2. The summed E-state index contributed by atoms with van der Waals surface area (Å²) in [5.41, 5.74) is 2.51. The van der Waals surface area contributed by atoms with Crippen molar-refractivity contribution in [2.24, 2.45) is 0 Å². The van der Waals surface area contributed by atoms with Gasteiger partial charge in [0.25, 0.3) is 5.91 Å². The van der Waals surface area contributed by atoms with Gasteiger partial charge in [-0.1, -0.05) is 11.6 Å². The molecule has 0 saturated carbocycles. The van der Waals surface area contributed by atoms with Gasteiger partial charge in [-0.3, -0.25) is 9.59 Å². The van der Waals surface area contributed by atoms with E-state index in [4.69, 9.17) is 35.3 Å². The molecule has 2 heterocycles. The van der Waals surface area contributed by atoms with Crippen LogP contribution >= 0.6 is 11.6 Å². The molecule has 0 aliphatic carbocycles. The molecule has 0 saturated heterocycles. The van der Waals surface area contributed by atoms with Crippen LogP contribution in [0.25, 0.3) is 0 Å². The van der Waals surface area contributed by atoms with E-state index in [1.807, 2.05) is 6.07 Å². The summed E-state index contributed by atoms with van der Waals surface area (Å²) in [7, 11) is 4.62. The smallest absolute Gasteiger partial charge is 0.308 e. The second-order valence-corrected chi connectivity index (χ2v) is 8.86. The van der Waals surface area contributed by atoms with Crippen molar-refractivity contribution in [2.75, 3.05) is 32.8 Å². The highest BCUT2D eigenvalue weighted by atomic mass is 35.5. The molecule has 0 unspecified atom stereocenters. The molecule has 3 aromatic rings. The largest absolute Gasteiger partial charge is 0.497 e. The zero-order valence-electron chi connectivity index (χ0n) is 21.6. The number of carbonyl (C=O) groups is 2. The minimum Gasteiger partial charge on any atom is -0.497 e. The fourth-order valence-electron chi connectivity index (χ4n) is 4.41. The summed E-state index contributed by atoms with van der Waals surface area (Å²) in [5.74, 6) is 0.534. The van der Waals surface area contributed by atoms with Crippen LogP contribution in [0.5, 0.6) is 17.4 Å². The lowest BCUT2D eigenvalue weighted by Crippen LogP contribution is -2.40. The third kappa shape index (κ3) is 5.69. The van der Waals surface area contributed by atoms with Gasteiger partial charge in [0.15, 0.2) is 0 Å². The van der Waals surface area contributed by atoms with Crippen LogP contribution in [0.4, 0.5) is 5.69 Å². The Labute approximate surface area is 226 Å². The first kappa shape index (κ1) is 27.2. The second kappa shape index (κ2) is 12.1. The van der Waals surface area contributed by atoms with Crippen molar-refractivity contribution in [1.29, 1.82) is 0 Å². The van der Waals surface area contributed by atoms with Crippen LogP contribution < -0.4 is 19.1 Å². The lowest BCUT2D eigenvalue weighted by molar-refractivity contribution is -0.151. The van der Waals surface area contributed by atoms with Crippen LogP contribution in [0.3, 0.4) is 0 Å². The SMILES string of the molecule is CCOC(=O)C[C@@H]1O[C@@H](c2cccnc2OC)c2cc(Cl)ccc2N(Cc2ccc(OC)cc2OC)C1=O. The standard InChI is InChI=1S/C28H29ClN2O7/c1-5-37-25(32)15-24-28(33)31(16-17-8-10-19(34-2)14-23(17)35-3)22-11-9-18(29)13-21(22)26(38-24)20-7-6-12-30-27(20)36-4/h6-14,24,26H,5,15-16H2,1-4H3/t24-,26-/m0/s1. The fourth-order valence-corrected chi connectivity index (χ4v) is 4.59. The van der Waals surface area contributed by atoms with Crippen molar-refractivity contribution in [1.82, 2.24) is 4.98 Å². The Hall–Kier alpha value is -3.82. The molecule has 2 aromatic carbocycles. The molecular formula is C28H29ClN2O7. The molecular weight excluding hydrogens is 512 g/mol. The first-order chi connectivity index (χ1) is 18.4. The second-order valence-electron chi connectivity index (χ2n) is 8.42. The van der Waals surface area contributed by atoms with Crippen molar-refractivity contribution in [2.45, 2.75) is 32.1 Å². The number of hydrogen-bond acceptors (Lipinski definition) is 8. The van der Waals surface area contributed by atoms with Gasteiger partial charge in [-0.25, -0.2) is 4.98 Å². The van der Waals surface area contributed by atoms with Gasteiger partial charge in [-0.15, -0.1) is 0 Å². The lowest BCUT2D eigenvalue weighted by Gasteiger charge is -2.26. The van der Waals surface area contributed by atoms with Gasteiger partial charge in [-0.05, 0) is 49.4 Å². The molecule has 1 aliphatic rings. The maximum absolute atomic E-state index is 14.0. The third-order valence-electron chi connectivity index (χ3n) is 6.16. The highest BCUT2D eigenvalue weighted by molar-refractivity contribution is 6.30. The van der Waals surface area contributed by atoms with Gasteiger partial charge in [-0.2, -0.15) is 0 Å². The molecule has 0 spiro atoms. The number of halogens is 1. The number of benzene rings is 2. The van der Waals surface area contributed by atoms with Crippen LogP contribution in [0.1, 0.15) is 36.1 Å². The molecule has 10 heteroatoms. The zero-order valence-corrected chi connectivity index (χ0v) is 22.4. The van der Waals surface area contributed by atoms with Gasteiger partial charge < -0.3 is 28.6 Å². The lowest BCUT2D eigenvalue weighted by atomic mass is 9.99. The van der Waals surface area contributed by atoms with Crippen LogP contribution in [0, 0.1) is 0 Å². The predicted molar refractivity (Wildman–Crippen MR) is 141 cm³/mol. The Balaban J connectivity index is 1.87. The molecule has 0 bridgehead atoms. The van der Waals surface area contributed by atoms with Gasteiger partial charge in [0.05, 0.1) is 46.6 Å². The Morgan fingerprint density at radius 2 is 1.87 bits per heavy atom. The Morgan fingerprint density at radius 1 is 1.05 bits per heavy atom. The molecule has 9 nitrogen and oxygen atoms in total. The summed E-state index contributed by atoms with van der Waals surface area (Å²) in [4.78, 5) is 32.4. The number of ether oxygens (including phenoxy) is 5. The van der Waals surface area contributed by atoms with Crippen molar-refractivity contribution in [3.05, 3.63) is 76.4 Å². The number of anilines is 1. The quantitative estimate of drug-likeness (QED) is 0.359. The summed E-state index contributed by atoms with van der Waals surface area (Å²) < 4.78 is 27.9. The molecule has 0 fully saturated rings. The van der Waals surface area contributed by atoms with Crippen LogP contribution in [-0.4, -0.2) is 50.9 Å². The first-order valence-corrected chi connectivity index (χ1v) is 12.4. The van der Waals surface area contributed by atoms with E-state index in [0.29, 0.717) is 39.2 Å². The number of pyridine rings is 1. The summed E-state index contributed by atoms with van der Waals surface area (Å²) in [6.45, 7) is 2.03. The minimum atomic E-state index is -1.15. The highest BCUT2D eigenvalue weighted by Crippen LogP contribution is 2.43. The number of amides is 1. The Kier molecular flexibility index (Phi) is 8.70. The molecule has 1 aromatic heterocycles. The summed E-state index contributed by atoms with van der Waals surface area (Å²) in [5, 5.41) is 0.457. The summed E-state index contributed by atoms with van der Waals surface area (Å²) in [6, 6.07) is 14.1. The van der Waals surface area contributed by atoms with E-state index in [1.165, 1.54) is 7.11 Å². The first-order valence-electron chi connectivity index (χ1n) is 12.0. The average Bonchev–Trinajstić information content (AvgIpc) is 3.03. The van der Waals surface area contributed by atoms with E-state index < -0.39 is 24.1 Å². The minimum absolute atomic E-state index is 0.139. The van der Waals surface area contributed by atoms with Crippen molar-refractivity contribution in [3.63, 3.8) is 0 Å². The van der Waals surface area contributed by atoms with Gasteiger partial charge in [0.2, 0.25) is 5.88 Å². The number of rotatable bonds is 9. The van der Waals surface area contributed by atoms with Gasteiger partial charge in [0, 0.05) is 34.0 Å². The number of aromatic nitrogens is 1. The number of hydrogen-bond donors (Lipinski definition) is 0. The molecule has 4 rings (SSSR count). The van der Waals surface area contributed by atoms with Crippen molar-refractivity contribution in [3.8, 4) is 17.4 Å². The number of esters is 1. The van der Waals surface area contributed by atoms with Crippen LogP contribution in [-0.2, 0) is 25.6 Å². The third-order valence-corrected chi connectivity index (χ3v) is 6.40. The van der Waals surface area contributed by atoms with Crippen molar-refractivity contribution < 1.29 is 33.3 Å². The van der Waals surface area contributed by atoms with E-state index in [1.54, 1.807) is 74.7 Å².